The van der Waals surface area contributed by atoms with Crippen LogP contribution >= 0.6 is 0 Å². The number of hydrogen-bond acceptors (Lipinski definition) is 4. The summed E-state index contributed by atoms with van der Waals surface area (Å²) in [5, 5.41) is 16.2. The van der Waals surface area contributed by atoms with Crippen molar-refractivity contribution in [3.8, 4) is 11.6 Å². The van der Waals surface area contributed by atoms with Gasteiger partial charge in [0.2, 0.25) is 5.88 Å². The Labute approximate surface area is 118 Å². The monoisotopic (exact) mass is 282 g/mol. The summed E-state index contributed by atoms with van der Waals surface area (Å²) < 4.78 is 5.59. The van der Waals surface area contributed by atoms with Gasteiger partial charge in [0.25, 0.3) is 5.56 Å². The van der Waals surface area contributed by atoms with Crippen molar-refractivity contribution >= 4 is 16.7 Å². The Balaban J connectivity index is 2.06. The highest BCUT2D eigenvalue weighted by molar-refractivity contribution is 5.88. The molecule has 3 rings (SSSR count). The summed E-state index contributed by atoms with van der Waals surface area (Å²) >= 11 is 0. The van der Waals surface area contributed by atoms with Crippen molar-refractivity contribution in [1.82, 2.24) is 10.2 Å². The lowest BCUT2D eigenvalue weighted by molar-refractivity contribution is 0.0696. The van der Waals surface area contributed by atoms with Gasteiger partial charge in [0.15, 0.2) is 0 Å². The van der Waals surface area contributed by atoms with Crippen molar-refractivity contribution in [1.29, 1.82) is 0 Å². The first-order valence-corrected chi connectivity index (χ1v) is 6.14. The molecule has 2 N–H and O–H groups in total. The highest BCUT2D eigenvalue weighted by atomic mass is 16.5. The molecule has 0 saturated heterocycles. The van der Waals surface area contributed by atoms with Crippen LogP contribution in [-0.4, -0.2) is 21.3 Å². The van der Waals surface area contributed by atoms with Crippen LogP contribution in [0.2, 0.25) is 0 Å². The molecule has 3 aromatic rings. The van der Waals surface area contributed by atoms with Gasteiger partial charge in [-0.1, -0.05) is 18.2 Å². The number of aromatic carboxylic acids is 1. The standard InChI is InChI=1S/C15H10N2O4/c18-13-11-6-1-2-7-12(11)14(17-16-13)21-10-5-3-4-9(8-10)15(19)20/h1-8H,(H,16,18)(H,19,20). The first-order chi connectivity index (χ1) is 10.1. The van der Waals surface area contributed by atoms with Crippen molar-refractivity contribution in [2.75, 3.05) is 0 Å². The number of carboxylic acid groups (broad SMARTS) is 1. The van der Waals surface area contributed by atoms with Gasteiger partial charge >= 0.3 is 5.97 Å². The minimum absolute atomic E-state index is 0.112. The predicted molar refractivity (Wildman–Crippen MR) is 75.8 cm³/mol. The number of carboxylic acids is 1. The molecule has 0 aliphatic rings. The van der Waals surface area contributed by atoms with Gasteiger partial charge in [0, 0.05) is 0 Å². The number of ether oxygens (including phenoxy) is 1. The van der Waals surface area contributed by atoms with Crippen molar-refractivity contribution in [3.05, 3.63) is 64.4 Å². The van der Waals surface area contributed by atoms with Gasteiger partial charge in [-0.2, -0.15) is 0 Å². The van der Waals surface area contributed by atoms with Crippen LogP contribution in [0, 0.1) is 0 Å². The third kappa shape index (κ3) is 2.46. The molecule has 0 bridgehead atoms. The van der Waals surface area contributed by atoms with Gasteiger partial charge in [-0.15, -0.1) is 5.10 Å². The average Bonchev–Trinajstić information content (AvgIpc) is 2.51. The predicted octanol–water partition coefficient (Wildman–Crippen LogP) is 2.41. The number of aromatic nitrogens is 2. The molecule has 1 heterocycles. The number of aromatic amines is 1. The lowest BCUT2D eigenvalue weighted by Gasteiger charge is -2.07. The zero-order valence-electron chi connectivity index (χ0n) is 10.7. The molecule has 1 aromatic heterocycles. The summed E-state index contributed by atoms with van der Waals surface area (Å²) in [7, 11) is 0. The number of H-pyrrole nitrogens is 1. The number of fused-ring (bicyclic) bond motifs is 1. The Morgan fingerprint density at radius 2 is 1.86 bits per heavy atom. The Bertz CT molecular complexity index is 886. The Hall–Kier alpha value is -3.15. The highest BCUT2D eigenvalue weighted by Crippen LogP contribution is 2.25. The molecule has 0 atom stereocenters. The van der Waals surface area contributed by atoms with Gasteiger partial charge in [-0.3, -0.25) is 4.79 Å². The smallest absolute Gasteiger partial charge is 0.335 e. The summed E-state index contributed by atoms with van der Waals surface area (Å²) in [4.78, 5) is 22.6. The zero-order chi connectivity index (χ0) is 14.8. The number of carbonyl (C=O) groups is 1. The number of rotatable bonds is 3. The zero-order valence-corrected chi connectivity index (χ0v) is 10.7. The molecule has 0 amide bonds. The summed E-state index contributed by atoms with van der Waals surface area (Å²) in [5.41, 5.74) is -0.196. The number of nitrogens with one attached hydrogen (secondary N) is 1. The van der Waals surface area contributed by atoms with Crippen LogP contribution in [0.25, 0.3) is 10.8 Å². The molecule has 0 aliphatic carbocycles. The third-order valence-electron chi connectivity index (χ3n) is 2.96. The first-order valence-electron chi connectivity index (χ1n) is 6.14. The lowest BCUT2D eigenvalue weighted by Crippen LogP contribution is -2.09. The van der Waals surface area contributed by atoms with E-state index in [0.29, 0.717) is 16.5 Å². The molecule has 0 spiro atoms. The second-order valence-corrected chi connectivity index (χ2v) is 4.34. The van der Waals surface area contributed by atoms with Gasteiger partial charge < -0.3 is 9.84 Å². The Morgan fingerprint density at radius 3 is 2.62 bits per heavy atom. The van der Waals surface area contributed by atoms with E-state index in [4.69, 9.17) is 9.84 Å². The van der Waals surface area contributed by atoms with E-state index >= 15 is 0 Å². The van der Waals surface area contributed by atoms with E-state index in [1.54, 1.807) is 36.4 Å². The van der Waals surface area contributed by atoms with E-state index in [-0.39, 0.29) is 17.0 Å². The molecule has 6 nitrogen and oxygen atoms in total. The fourth-order valence-electron chi connectivity index (χ4n) is 1.97. The molecule has 0 radical (unpaired) electrons. The molecule has 0 fully saturated rings. The average molecular weight is 282 g/mol. The fourth-order valence-corrected chi connectivity index (χ4v) is 1.97. The maximum Gasteiger partial charge on any atom is 0.335 e. The van der Waals surface area contributed by atoms with Crippen LogP contribution in [0.5, 0.6) is 11.6 Å². The number of nitrogens with zero attached hydrogens (tertiary/aromatic N) is 1. The number of benzene rings is 2. The second-order valence-electron chi connectivity index (χ2n) is 4.34. The lowest BCUT2D eigenvalue weighted by atomic mass is 10.2. The minimum Gasteiger partial charge on any atom is -0.478 e. The van der Waals surface area contributed by atoms with Crippen LogP contribution in [0.3, 0.4) is 0 Å². The van der Waals surface area contributed by atoms with Crippen LogP contribution in [0.4, 0.5) is 0 Å². The summed E-state index contributed by atoms with van der Waals surface area (Å²) in [6.07, 6.45) is 0. The highest BCUT2D eigenvalue weighted by Gasteiger charge is 2.09. The van der Waals surface area contributed by atoms with Crippen molar-refractivity contribution in [2.45, 2.75) is 0 Å². The third-order valence-corrected chi connectivity index (χ3v) is 2.96. The van der Waals surface area contributed by atoms with E-state index < -0.39 is 5.97 Å². The summed E-state index contributed by atoms with van der Waals surface area (Å²) in [5.74, 6) is -0.493. The minimum atomic E-state index is -1.04. The Morgan fingerprint density at radius 1 is 1.10 bits per heavy atom. The molecule has 2 aromatic carbocycles. The van der Waals surface area contributed by atoms with Gasteiger partial charge in [-0.25, -0.2) is 9.89 Å². The molecule has 21 heavy (non-hydrogen) atoms. The van der Waals surface area contributed by atoms with E-state index in [2.05, 4.69) is 10.2 Å². The largest absolute Gasteiger partial charge is 0.478 e. The SMILES string of the molecule is O=C(O)c1cccc(Oc2n[nH]c(=O)c3ccccc23)c1. The maximum atomic E-state index is 11.7. The molecule has 0 aliphatic heterocycles. The summed E-state index contributed by atoms with van der Waals surface area (Å²) in [6, 6.07) is 12.9. The van der Waals surface area contributed by atoms with E-state index in [9.17, 15) is 9.59 Å². The molecular weight excluding hydrogens is 272 g/mol. The summed E-state index contributed by atoms with van der Waals surface area (Å²) in [6.45, 7) is 0. The van der Waals surface area contributed by atoms with Crippen LogP contribution in [0.15, 0.2) is 53.3 Å². The fraction of sp³-hybridized carbons (Fsp3) is 0. The van der Waals surface area contributed by atoms with Crippen molar-refractivity contribution in [2.24, 2.45) is 0 Å². The second kappa shape index (κ2) is 5.09. The molecule has 0 unspecified atom stereocenters. The molecule has 104 valence electrons. The van der Waals surface area contributed by atoms with E-state index in [1.165, 1.54) is 12.1 Å². The van der Waals surface area contributed by atoms with Crippen molar-refractivity contribution in [3.63, 3.8) is 0 Å². The van der Waals surface area contributed by atoms with Crippen LogP contribution in [0.1, 0.15) is 10.4 Å². The van der Waals surface area contributed by atoms with E-state index in [0.717, 1.165) is 0 Å². The van der Waals surface area contributed by atoms with Gasteiger partial charge in [0.05, 0.1) is 16.3 Å². The van der Waals surface area contributed by atoms with E-state index in [1.807, 2.05) is 0 Å². The van der Waals surface area contributed by atoms with Gasteiger partial charge in [-0.05, 0) is 30.3 Å². The van der Waals surface area contributed by atoms with Crippen LogP contribution in [-0.2, 0) is 0 Å². The number of hydrogen-bond donors (Lipinski definition) is 2. The normalized spacial score (nSPS) is 10.5. The van der Waals surface area contributed by atoms with Gasteiger partial charge in [0.1, 0.15) is 5.75 Å². The van der Waals surface area contributed by atoms with Crippen molar-refractivity contribution < 1.29 is 14.6 Å². The quantitative estimate of drug-likeness (QED) is 0.769. The maximum absolute atomic E-state index is 11.7. The topological polar surface area (TPSA) is 92.3 Å². The molecule has 0 saturated carbocycles. The Kier molecular flexibility index (Phi) is 3.12. The molecule has 6 heteroatoms. The molecular formula is C15H10N2O4. The van der Waals surface area contributed by atoms with Crippen LogP contribution < -0.4 is 10.3 Å². The first kappa shape index (κ1) is 12.9.